The fourth-order valence-electron chi connectivity index (χ4n) is 5.19. The van der Waals surface area contributed by atoms with Crippen LogP contribution in [0.5, 0.6) is 34.5 Å². The van der Waals surface area contributed by atoms with Gasteiger partial charge < -0.3 is 30.6 Å². The van der Waals surface area contributed by atoms with Crippen LogP contribution in [0.25, 0.3) is 12.2 Å². The maximum Gasteiger partial charge on any atom is 0.126 e. The average molecular weight is 665 g/mol. The van der Waals surface area contributed by atoms with Crippen molar-refractivity contribution in [1.82, 2.24) is 0 Å². The molecule has 0 aliphatic heterocycles. The number of rotatable bonds is 12. The van der Waals surface area contributed by atoms with E-state index in [9.17, 15) is 30.6 Å². The molecule has 0 aliphatic rings. The number of phenols is 6. The van der Waals surface area contributed by atoms with E-state index in [2.05, 4.69) is 13.8 Å². The number of phenolic OH excluding ortho intramolecular Hbond substituents is 6. The van der Waals surface area contributed by atoms with Crippen molar-refractivity contribution in [2.75, 3.05) is 0 Å². The average Bonchev–Trinajstić information content (AvgIpc) is 3.03. The Kier molecular flexibility index (Phi) is 14.4. The summed E-state index contributed by atoms with van der Waals surface area (Å²) in [5.74, 6) is 1.58. The molecule has 0 spiro atoms. The first-order valence-electron chi connectivity index (χ1n) is 16.9. The van der Waals surface area contributed by atoms with E-state index in [-0.39, 0.29) is 34.5 Å². The Morgan fingerprint density at radius 2 is 1.04 bits per heavy atom. The topological polar surface area (TPSA) is 121 Å². The minimum atomic E-state index is 0.114. The Morgan fingerprint density at radius 3 is 1.57 bits per heavy atom. The van der Waals surface area contributed by atoms with Crippen LogP contribution in [0.1, 0.15) is 86.9 Å². The summed E-state index contributed by atoms with van der Waals surface area (Å²) in [7, 11) is 0. The molecule has 0 radical (unpaired) electrons. The van der Waals surface area contributed by atoms with Gasteiger partial charge in [-0.2, -0.15) is 0 Å². The molecule has 6 nitrogen and oxygen atoms in total. The highest BCUT2D eigenvalue weighted by molar-refractivity contribution is 5.74. The van der Waals surface area contributed by atoms with Crippen molar-refractivity contribution < 1.29 is 30.6 Å². The van der Waals surface area contributed by atoms with Gasteiger partial charge in [0.25, 0.3) is 0 Å². The van der Waals surface area contributed by atoms with Crippen LogP contribution in [0, 0.1) is 5.92 Å². The number of hydrogen-bond donors (Lipinski definition) is 6. The monoisotopic (exact) mass is 664 g/mol. The van der Waals surface area contributed by atoms with E-state index in [0.29, 0.717) is 29.9 Å². The zero-order valence-electron chi connectivity index (χ0n) is 29.7. The van der Waals surface area contributed by atoms with Crippen LogP contribution < -0.4 is 0 Å². The van der Waals surface area contributed by atoms with E-state index in [1.807, 2.05) is 76.3 Å². The molecule has 4 rings (SSSR count). The maximum absolute atomic E-state index is 10.9. The molecule has 0 saturated carbocycles. The fraction of sp³-hybridized carbons (Fsp3) is 0.302. The van der Waals surface area contributed by atoms with Crippen LogP contribution in [0.4, 0.5) is 0 Å². The maximum atomic E-state index is 10.9. The van der Waals surface area contributed by atoms with E-state index < -0.39 is 0 Å². The lowest BCUT2D eigenvalue weighted by atomic mass is 9.92. The lowest BCUT2D eigenvalue weighted by Crippen LogP contribution is -1.99. The summed E-state index contributed by atoms with van der Waals surface area (Å²) in [5.41, 5.74) is 8.06. The highest BCUT2D eigenvalue weighted by Gasteiger charge is 2.16. The number of aromatic hydroxyl groups is 6. The molecule has 0 aromatic heterocycles. The van der Waals surface area contributed by atoms with Crippen molar-refractivity contribution in [3.8, 4) is 34.5 Å². The van der Waals surface area contributed by atoms with Crippen LogP contribution in [0.3, 0.4) is 0 Å². The minimum absolute atomic E-state index is 0.114. The molecule has 0 fully saturated rings. The zero-order valence-corrected chi connectivity index (χ0v) is 29.7. The lowest BCUT2D eigenvalue weighted by molar-refractivity contribution is 0.433. The van der Waals surface area contributed by atoms with Gasteiger partial charge in [0.2, 0.25) is 0 Å². The number of hydrogen-bond acceptors (Lipinski definition) is 6. The Balaban J connectivity index is 0.000000271. The van der Waals surface area contributed by atoms with Gasteiger partial charge in [0.15, 0.2) is 0 Å². The van der Waals surface area contributed by atoms with E-state index in [1.54, 1.807) is 42.5 Å². The SMILES string of the molecule is CC(C)=CCc1c(O)cc(/C=C/c2ccc(O)cc2)c(CCC(C)C)c1O.CC(C)=CCc1c(O)cc(CCc2ccc(O)cc2)cc1O. The number of benzene rings is 4. The van der Waals surface area contributed by atoms with Crippen molar-refractivity contribution >= 4 is 12.2 Å². The second kappa shape index (κ2) is 18.4. The predicted molar refractivity (Wildman–Crippen MR) is 202 cm³/mol. The molecule has 0 amide bonds. The van der Waals surface area contributed by atoms with Gasteiger partial charge in [-0.3, -0.25) is 0 Å². The molecular formula is C43H52O6. The van der Waals surface area contributed by atoms with Crippen molar-refractivity contribution in [1.29, 1.82) is 0 Å². The summed E-state index contributed by atoms with van der Waals surface area (Å²) in [5, 5.41) is 60.2. The normalized spacial score (nSPS) is 10.9. The van der Waals surface area contributed by atoms with E-state index in [1.165, 1.54) is 0 Å². The summed E-state index contributed by atoms with van der Waals surface area (Å²) >= 11 is 0. The Bertz CT molecular complexity index is 1730. The molecule has 0 bridgehead atoms. The van der Waals surface area contributed by atoms with E-state index >= 15 is 0 Å². The van der Waals surface area contributed by atoms with Crippen LogP contribution in [0.2, 0.25) is 0 Å². The van der Waals surface area contributed by atoms with Gasteiger partial charge in [-0.1, -0.05) is 73.6 Å². The third-order valence-electron chi connectivity index (χ3n) is 8.17. The van der Waals surface area contributed by atoms with Crippen molar-refractivity contribution in [2.24, 2.45) is 5.92 Å². The number of allylic oxidation sites excluding steroid dienone is 4. The molecule has 4 aromatic rings. The highest BCUT2D eigenvalue weighted by Crippen LogP contribution is 2.37. The summed E-state index contributed by atoms with van der Waals surface area (Å²) in [6.45, 7) is 12.3. The summed E-state index contributed by atoms with van der Waals surface area (Å²) in [6.07, 6.45) is 12.1. The molecule has 0 saturated heterocycles. The van der Waals surface area contributed by atoms with Crippen LogP contribution in [-0.4, -0.2) is 30.6 Å². The quantitative estimate of drug-likeness (QED) is 0.0662. The molecule has 4 aromatic carbocycles. The standard InChI is InChI=1S/C24H30O3.C19H22O3/c1-16(2)5-13-21-19(10-7-18-8-11-20(25)12-9-18)15-23(26)22(24(21)27)14-6-17(3)4;1-13(2)3-10-17-18(21)11-15(12-19(17)22)5-4-14-6-8-16(20)9-7-14/h6-12,15-16,25-27H,5,13-14H2,1-4H3;3,6-9,11-12,20-22H,4-5,10H2,1-2H3/b10-7+;. The molecule has 0 unspecified atom stereocenters. The second-order valence-corrected chi connectivity index (χ2v) is 13.4. The molecule has 6 heteroatoms. The zero-order chi connectivity index (χ0) is 36.1. The van der Waals surface area contributed by atoms with Gasteiger partial charge in [0, 0.05) is 16.7 Å². The molecule has 0 aliphatic carbocycles. The van der Waals surface area contributed by atoms with Crippen molar-refractivity contribution in [3.05, 3.63) is 129 Å². The van der Waals surface area contributed by atoms with Crippen LogP contribution in [-0.2, 0) is 32.1 Å². The smallest absolute Gasteiger partial charge is 0.126 e. The molecule has 0 heterocycles. The molecular weight excluding hydrogens is 612 g/mol. The Hall–Kier alpha value is -5.10. The fourth-order valence-corrected chi connectivity index (χ4v) is 5.19. The first-order valence-corrected chi connectivity index (χ1v) is 16.9. The molecule has 260 valence electrons. The molecule has 6 N–H and O–H groups in total. The third-order valence-corrected chi connectivity index (χ3v) is 8.17. The molecule has 49 heavy (non-hydrogen) atoms. The molecule has 0 atom stereocenters. The third kappa shape index (κ3) is 12.5. The van der Waals surface area contributed by atoms with Gasteiger partial charge in [0.1, 0.15) is 34.5 Å². The van der Waals surface area contributed by atoms with Gasteiger partial charge in [-0.05, 0) is 137 Å². The second-order valence-electron chi connectivity index (χ2n) is 13.4. The predicted octanol–water partition coefficient (Wildman–Crippen LogP) is 10.2. The first-order chi connectivity index (χ1) is 23.2. The van der Waals surface area contributed by atoms with Crippen molar-refractivity contribution in [2.45, 2.75) is 80.1 Å². The van der Waals surface area contributed by atoms with Crippen molar-refractivity contribution in [3.63, 3.8) is 0 Å². The summed E-state index contributed by atoms with van der Waals surface area (Å²) in [6, 6.07) is 19.2. The number of aryl methyl sites for hydroxylation is 2. The summed E-state index contributed by atoms with van der Waals surface area (Å²) in [4.78, 5) is 0. The van der Waals surface area contributed by atoms with Crippen LogP contribution in [0.15, 0.2) is 90.0 Å². The Labute approximate surface area is 291 Å². The van der Waals surface area contributed by atoms with Gasteiger partial charge in [-0.15, -0.1) is 0 Å². The van der Waals surface area contributed by atoms with E-state index in [4.69, 9.17) is 0 Å². The largest absolute Gasteiger partial charge is 0.508 e. The van der Waals surface area contributed by atoms with Gasteiger partial charge in [0.05, 0.1) is 0 Å². The van der Waals surface area contributed by atoms with E-state index in [0.717, 1.165) is 64.6 Å². The highest BCUT2D eigenvalue weighted by atomic mass is 16.3. The van der Waals surface area contributed by atoms with Gasteiger partial charge in [-0.25, -0.2) is 0 Å². The minimum Gasteiger partial charge on any atom is -0.508 e. The lowest BCUT2D eigenvalue weighted by Gasteiger charge is -2.15. The van der Waals surface area contributed by atoms with Crippen LogP contribution >= 0.6 is 0 Å². The summed E-state index contributed by atoms with van der Waals surface area (Å²) < 4.78 is 0. The Morgan fingerprint density at radius 1 is 0.551 bits per heavy atom. The first kappa shape index (κ1) is 38.3. The van der Waals surface area contributed by atoms with Gasteiger partial charge >= 0.3 is 0 Å².